The van der Waals surface area contributed by atoms with Crippen LogP contribution in [-0.2, 0) is 10.0 Å². The van der Waals surface area contributed by atoms with E-state index in [-0.39, 0.29) is 33.2 Å². The second-order valence-corrected chi connectivity index (χ2v) is 9.22. The van der Waals surface area contributed by atoms with E-state index in [0.29, 0.717) is 22.1 Å². The molecule has 0 fully saturated rings. The molecule has 0 saturated heterocycles. The van der Waals surface area contributed by atoms with E-state index in [1.807, 2.05) is 0 Å². The standard InChI is InChI=1S/C17H14Cl2N4O4S2/c18-12-6-2-1-5-11(12)15(24)21-16-22-23-17(28-16)29(25,26)20-9-10-27-14-8-4-3-7-13(14)19/h1-8,20H,9-10H2,(H,21,22,24). The molecule has 2 N–H and O–H groups in total. The Labute approximate surface area is 180 Å². The van der Waals surface area contributed by atoms with Gasteiger partial charge in [-0.25, -0.2) is 13.1 Å². The number of nitrogens with zero attached hydrogens (tertiary/aromatic N) is 2. The van der Waals surface area contributed by atoms with Crippen LogP contribution >= 0.6 is 34.5 Å². The lowest BCUT2D eigenvalue weighted by molar-refractivity contribution is 0.102. The first-order chi connectivity index (χ1) is 13.9. The van der Waals surface area contributed by atoms with E-state index in [1.165, 1.54) is 6.07 Å². The average Bonchev–Trinajstić information content (AvgIpc) is 3.16. The topological polar surface area (TPSA) is 110 Å². The smallest absolute Gasteiger partial charge is 0.269 e. The highest BCUT2D eigenvalue weighted by molar-refractivity contribution is 7.91. The molecule has 0 radical (unpaired) electrons. The van der Waals surface area contributed by atoms with Crippen molar-refractivity contribution in [3.05, 3.63) is 64.1 Å². The second kappa shape index (κ2) is 9.51. The Kier molecular flexibility index (Phi) is 7.04. The third-order valence-corrected chi connectivity index (χ3v) is 6.77. The van der Waals surface area contributed by atoms with Crippen molar-refractivity contribution in [2.24, 2.45) is 0 Å². The third-order valence-electron chi connectivity index (χ3n) is 3.46. The number of hydrogen-bond acceptors (Lipinski definition) is 7. The number of ether oxygens (including phenoxy) is 1. The van der Waals surface area contributed by atoms with E-state index < -0.39 is 15.9 Å². The molecule has 3 aromatic rings. The first-order valence-corrected chi connectivity index (χ1v) is 11.2. The Morgan fingerprint density at radius 3 is 2.45 bits per heavy atom. The van der Waals surface area contributed by atoms with Crippen LogP contribution in [0.3, 0.4) is 0 Å². The van der Waals surface area contributed by atoms with Crippen molar-refractivity contribution in [3.63, 3.8) is 0 Å². The van der Waals surface area contributed by atoms with Crippen molar-refractivity contribution in [1.82, 2.24) is 14.9 Å². The number of aromatic nitrogens is 2. The molecule has 0 spiro atoms. The minimum Gasteiger partial charge on any atom is -0.491 e. The zero-order valence-corrected chi connectivity index (χ0v) is 17.8. The van der Waals surface area contributed by atoms with Crippen molar-refractivity contribution in [3.8, 4) is 5.75 Å². The number of sulfonamides is 1. The molecule has 12 heteroatoms. The van der Waals surface area contributed by atoms with Crippen LogP contribution in [0.15, 0.2) is 52.9 Å². The Hall–Kier alpha value is -2.24. The summed E-state index contributed by atoms with van der Waals surface area (Å²) in [4.78, 5) is 12.2. The number of halogens is 2. The molecule has 0 aliphatic heterocycles. The van der Waals surface area contributed by atoms with Crippen LogP contribution in [0.1, 0.15) is 10.4 Å². The number of hydrogen-bond donors (Lipinski definition) is 2. The Balaban J connectivity index is 1.56. The molecule has 152 valence electrons. The highest BCUT2D eigenvalue weighted by Crippen LogP contribution is 2.23. The Bertz CT molecular complexity index is 1120. The lowest BCUT2D eigenvalue weighted by Gasteiger charge is -2.08. The molecule has 0 unspecified atom stereocenters. The minimum atomic E-state index is -3.91. The Morgan fingerprint density at radius 2 is 1.72 bits per heavy atom. The fourth-order valence-corrected chi connectivity index (χ4v) is 4.50. The maximum absolute atomic E-state index is 12.3. The predicted octanol–water partition coefficient (Wildman–Crippen LogP) is 3.45. The van der Waals surface area contributed by atoms with Crippen molar-refractivity contribution in [1.29, 1.82) is 0 Å². The van der Waals surface area contributed by atoms with E-state index in [2.05, 4.69) is 20.2 Å². The number of benzene rings is 2. The molecule has 0 aliphatic rings. The molecular formula is C17H14Cl2N4O4S2. The van der Waals surface area contributed by atoms with Crippen molar-refractivity contribution >= 4 is 55.6 Å². The van der Waals surface area contributed by atoms with Crippen LogP contribution in [-0.4, -0.2) is 37.7 Å². The molecule has 3 rings (SSSR count). The number of amides is 1. The number of carbonyl (C=O) groups excluding carboxylic acids is 1. The largest absolute Gasteiger partial charge is 0.491 e. The van der Waals surface area contributed by atoms with Crippen LogP contribution in [0.2, 0.25) is 10.0 Å². The molecule has 0 bridgehead atoms. The van der Waals surface area contributed by atoms with Crippen molar-refractivity contribution in [2.75, 3.05) is 18.5 Å². The number of para-hydroxylation sites is 1. The summed E-state index contributed by atoms with van der Waals surface area (Å²) in [6.07, 6.45) is 0. The summed E-state index contributed by atoms with van der Waals surface area (Å²) in [6.45, 7) is 0.0618. The molecule has 1 amide bonds. The van der Waals surface area contributed by atoms with Crippen LogP contribution in [0.25, 0.3) is 0 Å². The minimum absolute atomic E-state index is 0.00550. The SMILES string of the molecule is O=C(Nc1nnc(S(=O)(=O)NCCOc2ccccc2Cl)s1)c1ccccc1Cl. The summed E-state index contributed by atoms with van der Waals surface area (Å²) in [5, 5.41) is 10.5. The molecule has 1 heterocycles. The number of rotatable bonds is 8. The summed E-state index contributed by atoms with van der Waals surface area (Å²) in [5.74, 6) is -0.0642. The summed E-state index contributed by atoms with van der Waals surface area (Å²) in [6, 6.07) is 13.3. The van der Waals surface area contributed by atoms with Gasteiger partial charge in [-0.1, -0.05) is 58.8 Å². The maximum Gasteiger partial charge on any atom is 0.269 e. The summed E-state index contributed by atoms with van der Waals surface area (Å²) >= 11 is 12.6. The lowest BCUT2D eigenvalue weighted by atomic mass is 10.2. The van der Waals surface area contributed by atoms with Gasteiger partial charge in [-0.05, 0) is 24.3 Å². The molecular weight excluding hydrogens is 459 g/mol. The van der Waals surface area contributed by atoms with Gasteiger partial charge in [0.25, 0.3) is 15.9 Å². The molecule has 29 heavy (non-hydrogen) atoms. The quantitative estimate of drug-likeness (QED) is 0.383. The van der Waals surface area contributed by atoms with Gasteiger partial charge in [0.05, 0.1) is 15.6 Å². The highest BCUT2D eigenvalue weighted by Gasteiger charge is 2.21. The predicted molar refractivity (Wildman–Crippen MR) is 111 cm³/mol. The van der Waals surface area contributed by atoms with E-state index in [1.54, 1.807) is 42.5 Å². The third kappa shape index (κ3) is 5.64. The van der Waals surface area contributed by atoms with Crippen LogP contribution in [0.4, 0.5) is 5.13 Å². The molecule has 8 nitrogen and oxygen atoms in total. The van der Waals surface area contributed by atoms with Gasteiger partial charge in [0.15, 0.2) is 0 Å². The van der Waals surface area contributed by atoms with E-state index in [4.69, 9.17) is 27.9 Å². The Morgan fingerprint density at radius 1 is 1.03 bits per heavy atom. The normalized spacial score (nSPS) is 11.2. The summed E-state index contributed by atoms with van der Waals surface area (Å²) in [7, 11) is -3.91. The average molecular weight is 473 g/mol. The second-order valence-electron chi connectivity index (χ2n) is 5.48. The zero-order valence-electron chi connectivity index (χ0n) is 14.6. The zero-order chi connectivity index (χ0) is 20.9. The molecule has 0 atom stereocenters. The molecule has 2 aromatic carbocycles. The van der Waals surface area contributed by atoms with Crippen LogP contribution in [0, 0.1) is 0 Å². The van der Waals surface area contributed by atoms with Gasteiger partial charge in [-0.2, -0.15) is 0 Å². The van der Waals surface area contributed by atoms with Gasteiger partial charge in [0.1, 0.15) is 12.4 Å². The highest BCUT2D eigenvalue weighted by atomic mass is 35.5. The fraction of sp³-hybridized carbons (Fsp3) is 0.118. The maximum atomic E-state index is 12.3. The van der Waals surface area contributed by atoms with Crippen molar-refractivity contribution in [2.45, 2.75) is 4.34 Å². The van der Waals surface area contributed by atoms with Gasteiger partial charge >= 0.3 is 0 Å². The first-order valence-electron chi connectivity index (χ1n) is 8.13. The van der Waals surface area contributed by atoms with Gasteiger partial charge in [-0.15, -0.1) is 10.2 Å². The molecule has 0 aliphatic carbocycles. The van der Waals surface area contributed by atoms with Gasteiger partial charge in [-0.3, -0.25) is 10.1 Å². The first kappa shape index (κ1) is 21.5. The summed E-state index contributed by atoms with van der Waals surface area (Å²) < 4.78 is 32.1. The van der Waals surface area contributed by atoms with Gasteiger partial charge in [0.2, 0.25) is 9.47 Å². The van der Waals surface area contributed by atoms with E-state index in [9.17, 15) is 13.2 Å². The van der Waals surface area contributed by atoms with E-state index in [0.717, 1.165) is 0 Å². The fourth-order valence-electron chi connectivity index (χ4n) is 2.14. The number of carbonyl (C=O) groups is 1. The van der Waals surface area contributed by atoms with Crippen LogP contribution in [0.5, 0.6) is 5.75 Å². The van der Waals surface area contributed by atoms with Gasteiger partial charge in [0, 0.05) is 6.54 Å². The van der Waals surface area contributed by atoms with Gasteiger partial charge < -0.3 is 4.74 Å². The monoisotopic (exact) mass is 472 g/mol. The molecule has 0 saturated carbocycles. The summed E-state index contributed by atoms with van der Waals surface area (Å²) in [5.41, 5.74) is 0.239. The number of nitrogens with one attached hydrogen (secondary N) is 2. The number of anilines is 1. The van der Waals surface area contributed by atoms with Crippen LogP contribution < -0.4 is 14.8 Å². The van der Waals surface area contributed by atoms with Crippen molar-refractivity contribution < 1.29 is 17.9 Å². The molecule has 1 aromatic heterocycles. The lowest BCUT2D eigenvalue weighted by Crippen LogP contribution is -2.28. The van der Waals surface area contributed by atoms with E-state index >= 15 is 0 Å².